The fourth-order valence-electron chi connectivity index (χ4n) is 3.21. The molecule has 2 amide bonds. The molecule has 28 heavy (non-hydrogen) atoms. The maximum Gasteiger partial charge on any atom is 0.251 e. The molecule has 0 fully saturated rings. The van der Waals surface area contributed by atoms with Gasteiger partial charge in [-0.1, -0.05) is 12.1 Å². The summed E-state index contributed by atoms with van der Waals surface area (Å²) < 4.78 is 2.15. The molecule has 0 unspecified atom stereocenters. The fourth-order valence-corrected chi connectivity index (χ4v) is 3.21. The van der Waals surface area contributed by atoms with Gasteiger partial charge in [0.2, 0.25) is 0 Å². The lowest BCUT2D eigenvalue weighted by Crippen LogP contribution is -2.24. The van der Waals surface area contributed by atoms with Crippen LogP contribution < -0.4 is 10.6 Å². The molecule has 0 bridgehead atoms. The van der Waals surface area contributed by atoms with Crippen LogP contribution in [-0.4, -0.2) is 22.9 Å². The van der Waals surface area contributed by atoms with Crippen LogP contribution in [0.2, 0.25) is 0 Å². The van der Waals surface area contributed by atoms with Crippen LogP contribution in [0.5, 0.6) is 0 Å². The Balaban J connectivity index is 1.66. The van der Waals surface area contributed by atoms with Crippen LogP contribution in [-0.2, 0) is 6.54 Å². The Kier molecular flexibility index (Phi) is 5.94. The topological polar surface area (TPSA) is 63.1 Å². The van der Waals surface area contributed by atoms with E-state index in [1.807, 2.05) is 43.3 Å². The Morgan fingerprint density at radius 1 is 0.821 bits per heavy atom. The molecule has 5 heteroatoms. The van der Waals surface area contributed by atoms with Gasteiger partial charge in [-0.15, -0.1) is 0 Å². The van der Waals surface area contributed by atoms with E-state index in [0.717, 1.165) is 22.6 Å². The Morgan fingerprint density at radius 3 is 2.11 bits per heavy atom. The third kappa shape index (κ3) is 4.31. The smallest absolute Gasteiger partial charge is 0.251 e. The first-order chi connectivity index (χ1) is 13.5. The number of rotatable bonds is 6. The number of benzene rings is 2. The molecule has 0 aliphatic carbocycles. The quantitative estimate of drug-likeness (QED) is 0.689. The molecule has 0 saturated heterocycles. The molecule has 0 atom stereocenters. The standard InChI is InChI=1S/C23H25N3O2/c1-4-24-23(28)20-7-5-6-18(14-20)15-25-22(27)19-10-12-21(13-11-19)26-16(2)8-9-17(26)3/h5-14H,4,15H2,1-3H3,(H,24,28)(H,25,27). The normalized spacial score (nSPS) is 10.5. The Morgan fingerprint density at radius 2 is 1.46 bits per heavy atom. The number of nitrogens with one attached hydrogen (secondary N) is 2. The number of carbonyl (C=O) groups is 2. The molecule has 0 radical (unpaired) electrons. The van der Waals surface area contributed by atoms with Crippen LogP contribution in [0.15, 0.2) is 60.7 Å². The zero-order chi connectivity index (χ0) is 20.1. The fraction of sp³-hybridized carbons (Fsp3) is 0.217. The average Bonchev–Trinajstić information content (AvgIpc) is 3.05. The van der Waals surface area contributed by atoms with E-state index in [4.69, 9.17) is 0 Å². The van der Waals surface area contributed by atoms with E-state index in [2.05, 4.69) is 41.2 Å². The monoisotopic (exact) mass is 375 g/mol. The highest BCUT2D eigenvalue weighted by molar-refractivity contribution is 5.95. The van der Waals surface area contributed by atoms with Crippen LogP contribution in [0, 0.1) is 13.8 Å². The highest BCUT2D eigenvalue weighted by Gasteiger charge is 2.09. The van der Waals surface area contributed by atoms with Crippen molar-refractivity contribution in [1.29, 1.82) is 0 Å². The van der Waals surface area contributed by atoms with E-state index >= 15 is 0 Å². The van der Waals surface area contributed by atoms with Crippen molar-refractivity contribution in [2.24, 2.45) is 0 Å². The maximum atomic E-state index is 12.5. The first-order valence-electron chi connectivity index (χ1n) is 9.40. The van der Waals surface area contributed by atoms with Gasteiger partial charge in [-0.05, 0) is 74.9 Å². The minimum absolute atomic E-state index is 0.109. The van der Waals surface area contributed by atoms with Crippen molar-refractivity contribution < 1.29 is 9.59 Å². The molecule has 0 aliphatic rings. The number of amides is 2. The van der Waals surface area contributed by atoms with Gasteiger partial charge in [-0.3, -0.25) is 9.59 Å². The second-order valence-corrected chi connectivity index (χ2v) is 6.74. The van der Waals surface area contributed by atoms with Crippen molar-refractivity contribution in [2.45, 2.75) is 27.3 Å². The highest BCUT2D eigenvalue weighted by atomic mass is 16.2. The number of aromatic nitrogens is 1. The predicted molar refractivity (Wildman–Crippen MR) is 111 cm³/mol. The number of hydrogen-bond donors (Lipinski definition) is 2. The lowest BCUT2D eigenvalue weighted by Gasteiger charge is -2.11. The van der Waals surface area contributed by atoms with Crippen molar-refractivity contribution in [3.05, 3.63) is 88.7 Å². The zero-order valence-electron chi connectivity index (χ0n) is 16.5. The molecule has 3 aromatic rings. The predicted octanol–water partition coefficient (Wildman–Crippen LogP) is 3.77. The van der Waals surface area contributed by atoms with Crippen molar-refractivity contribution in [1.82, 2.24) is 15.2 Å². The minimum atomic E-state index is -0.143. The largest absolute Gasteiger partial charge is 0.352 e. The first-order valence-corrected chi connectivity index (χ1v) is 9.40. The molecule has 0 aliphatic heterocycles. The molecule has 2 N–H and O–H groups in total. The first kappa shape index (κ1) is 19.4. The van der Waals surface area contributed by atoms with E-state index in [-0.39, 0.29) is 11.8 Å². The van der Waals surface area contributed by atoms with Gasteiger partial charge in [0.1, 0.15) is 0 Å². The van der Waals surface area contributed by atoms with Crippen LogP contribution in [0.4, 0.5) is 0 Å². The molecule has 0 spiro atoms. The second kappa shape index (κ2) is 8.57. The summed E-state index contributed by atoms with van der Waals surface area (Å²) in [6, 6.07) is 19.0. The molecular formula is C23H25N3O2. The molecule has 3 rings (SSSR count). The summed E-state index contributed by atoms with van der Waals surface area (Å²) in [5.74, 6) is -0.252. The number of aryl methyl sites for hydroxylation is 2. The average molecular weight is 375 g/mol. The minimum Gasteiger partial charge on any atom is -0.352 e. The molecule has 1 aromatic heterocycles. The van der Waals surface area contributed by atoms with Gasteiger partial charge in [0.15, 0.2) is 0 Å². The third-order valence-electron chi connectivity index (χ3n) is 4.64. The van der Waals surface area contributed by atoms with Gasteiger partial charge in [-0.25, -0.2) is 0 Å². The molecular weight excluding hydrogens is 350 g/mol. The summed E-state index contributed by atoms with van der Waals surface area (Å²) in [5, 5.41) is 5.69. The summed E-state index contributed by atoms with van der Waals surface area (Å²) in [6.07, 6.45) is 0. The molecule has 2 aromatic carbocycles. The van der Waals surface area contributed by atoms with Crippen LogP contribution in [0.1, 0.15) is 44.6 Å². The van der Waals surface area contributed by atoms with Gasteiger partial charge in [-0.2, -0.15) is 0 Å². The molecule has 5 nitrogen and oxygen atoms in total. The summed E-state index contributed by atoms with van der Waals surface area (Å²) in [4.78, 5) is 24.4. The van der Waals surface area contributed by atoms with Gasteiger partial charge in [0.25, 0.3) is 11.8 Å². The molecule has 0 saturated carbocycles. The molecule has 144 valence electrons. The van der Waals surface area contributed by atoms with Crippen molar-refractivity contribution >= 4 is 11.8 Å². The van der Waals surface area contributed by atoms with Gasteiger partial charge in [0, 0.05) is 41.3 Å². The highest BCUT2D eigenvalue weighted by Crippen LogP contribution is 2.17. The zero-order valence-corrected chi connectivity index (χ0v) is 16.5. The summed E-state index contributed by atoms with van der Waals surface area (Å²) in [7, 11) is 0. The number of hydrogen-bond acceptors (Lipinski definition) is 2. The van der Waals surface area contributed by atoms with Crippen LogP contribution in [0.3, 0.4) is 0 Å². The second-order valence-electron chi connectivity index (χ2n) is 6.74. The SMILES string of the molecule is CCNC(=O)c1cccc(CNC(=O)c2ccc(-n3c(C)ccc3C)cc2)c1. The lowest BCUT2D eigenvalue weighted by molar-refractivity contribution is 0.0947. The third-order valence-corrected chi connectivity index (χ3v) is 4.64. The summed E-state index contributed by atoms with van der Waals surface area (Å²) in [5.41, 5.74) is 5.42. The van der Waals surface area contributed by atoms with Gasteiger partial charge < -0.3 is 15.2 Å². The van der Waals surface area contributed by atoms with Crippen LogP contribution >= 0.6 is 0 Å². The van der Waals surface area contributed by atoms with Crippen molar-refractivity contribution in [2.75, 3.05) is 6.54 Å². The van der Waals surface area contributed by atoms with E-state index in [1.165, 1.54) is 0 Å². The van der Waals surface area contributed by atoms with E-state index in [0.29, 0.717) is 24.2 Å². The Labute approximate surface area is 165 Å². The molecule has 1 heterocycles. The van der Waals surface area contributed by atoms with E-state index < -0.39 is 0 Å². The Bertz CT molecular complexity index is 968. The van der Waals surface area contributed by atoms with Crippen molar-refractivity contribution in [3.63, 3.8) is 0 Å². The summed E-state index contributed by atoms with van der Waals surface area (Å²) >= 11 is 0. The van der Waals surface area contributed by atoms with E-state index in [1.54, 1.807) is 12.1 Å². The van der Waals surface area contributed by atoms with Crippen molar-refractivity contribution in [3.8, 4) is 5.69 Å². The number of carbonyl (C=O) groups excluding carboxylic acids is 2. The van der Waals surface area contributed by atoms with Gasteiger partial charge in [0.05, 0.1) is 0 Å². The van der Waals surface area contributed by atoms with Gasteiger partial charge >= 0.3 is 0 Å². The summed E-state index contributed by atoms with van der Waals surface area (Å²) in [6.45, 7) is 6.94. The lowest BCUT2D eigenvalue weighted by atomic mass is 10.1. The van der Waals surface area contributed by atoms with E-state index in [9.17, 15) is 9.59 Å². The Hall–Kier alpha value is -3.34. The maximum absolute atomic E-state index is 12.5. The van der Waals surface area contributed by atoms with Crippen LogP contribution in [0.25, 0.3) is 5.69 Å². The number of nitrogens with zero attached hydrogens (tertiary/aromatic N) is 1.